The predicted octanol–water partition coefficient (Wildman–Crippen LogP) is 3.44. The van der Waals surface area contributed by atoms with Crippen LogP contribution in [0.4, 0.5) is 0 Å². The second-order valence-electron chi connectivity index (χ2n) is 7.62. The molecule has 0 radical (unpaired) electrons. The predicted molar refractivity (Wildman–Crippen MR) is 118 cm³/mol. The monoisotopic (exact) mass is 444 g/mol. The van der Waals surface area contributed by atoms with Crippen molar-refractivity contribution in [2.45, 2.75) is 12.6 Å². The van der Waals surface area contributed by atoms with E-state index >= 15 is 0 Å². The first-order valence-electron chi connectivity index (χ1n) is 10.3. The minimum absolute atomic E-state index is 0.0251. The molecule has 5 rings (SSSR count). The number of nitrogens with zero attached hydrogens (tertiary/aromatic N) is 2. The molecule has 33 heavy (non-hydrogen) atoms. The number of ether oxygens (including phenoxy) is 3. The Balaban J connectivity index is 1.60. The van der Waals surface area contributed by atoms with Gasteiger partial charge in [-0.3, -0.25) is 14.6 Å². The van der Waals surface area contributed by atoms with E-state index < -0.39 is 17.7 Å². The first-order chi connectivity index (χ1) is 16.1. The molecular formula is C25H20N2O6. The van der Waals surface area contributed by atoms with Crippen LogP contribution >= 0.6 is 0 Å². The first kappa shape index (κ1) is 20.6. The maximum Gasteiger partial charge on any atom is 0.295 e. The third kappa shape index (κ3) is 3.65. The molecule has 2 aliphatic heterocycles. The topological polar surface area (TPSA) is 98.2 Å². The van der Waals surface area contributed by atoms with Gasteiger partial charge in [0.2, 0.25) is 6.79 Å². The minimum Gasteiger partial charge on any atom is -0.507 e. The molecule has 1 aromatic heterocycles. The fraction of sp³-hybridized carbons (Fsp3) is 0.160. The molecule has 0 bridgehead atoms. The summed E-state index contributed by atoms with van der Waals surface area (Å²) in [6, 6.07) is 14.8. The Bertz CT molecular complexity index is 1250. The van der Waals surface area contributed by atoms with E-state index in [1.54, 1.807) is 55.6 Å². The molecule has 2 aliphatic rings. The van der Waals surface area contributed by atoms with Gasteiger partial charge in [0.25, 0.3) is 11.7 Å². The number of fused-ring (bicyclic) bond motifs is 1. The zero-order chi connectivity index (χ0) is 22.9. The largest absolute Gasteiger partial charge is 0.507 e. The normalized spacial score (nSPS) is 18.6. The summed E-state index contributed by atoms with van der Waals surface area (Å²) in [7, 11) is 1.56. The highest BCUT2D eigenvalue weighted by Crippen LogP contribution is 2.41. The molecular weight excluding hydrogens is 424 g/mol. The van der Waals surface area contributed by atoms with Gasteiger partial charge in [0.1, 0.15) is 11.5 Å². The number of methoxy groups -OCH3 is 1. The van der Waals surface area contributed by atoms with Gasteiger partial charge in [-0.1, -0.05) is 18.2 Å². The number of Topliss-reactive ketones (excluding diaryl/α,β-unsaturated/α-hetero) is 1. The van der Waals surface area contributed by atoms with E-state index in [9.17, 15) is 14.7 Å². The van der Waals surface area contributed by atoms with Crippen LogP contribution in [0.1, 0.15) is 22.7 Å². The van der Waals surface area contributed by atoms with Gasteiger partial charge in [-0.15, -0.1) is 0 Å². The highest BCUT2D eigenvalue weighted by Gasteiger charge is 2.46. The molecule has 0 saturated carbocycles. The number of aliphatic hydroxyl groups is 1. The first-order valence-corrected chi connectivity index (χ1v) is 10.3. The molecule has 1 saturated heterocycles. The van der Waals surface area contributed by atoms with Crippen LogP contribution in [0.25, 0.3) is 5.76 Å². The number of aromatic nitrogens is 1. The Morgan fingerprint density at radius 3 is 2.52 bits per heavy atom. The molecule has 8 heteroatoms. The average molecular weight is 444 g/mol. The molecule has 3 heterocycles. The number of aliphatic hydroxyl groups excluding tert-OH is 1. The van der Waals surface area contributed by atoms with Gasteiger partial charge in [-0.05, 0) is 47.5 Å². The van der Waals surface area contributed by atoms with E-state index in [0.717, 1.165) is 5.56 Å². The van der Waals surface area contributed by atoms with Crippen LogP contribution in [0.3, 0.4) is 0 Å². The van der Waals surface area contributed by atoms with Crippen LogP contribution in [0.2, 0.25) is 0 Å². The zero-order valence-electron chi connectivity index (χ0n) is 17.7. The molecule has 1 amide bonds. The van der Waals surface area contributed by atoms with E-state index in [0.29, 0.717) is 28.4 Å². The lowest BCUT2D eigenvalue weighted by atomic mass is 9.95. The van der Waals surface area contributed by atoms with Gasteiger partial charge < -0.3 is 24.2 Å². The molecule has 0 aliphatic carbocycles. The summed E-state index contributed by atoms with van der Waals surface area (Å²) < 4.78 is 16.0. The van der Waals surface area contributed by atoms with Crippen LogP contribution in [0.15, 0.2) is 72.6 Å². The highest BCUT2D eigenvalue weighted by molar-refractivity contribution is 6.46. The number of amides is 1. The maximum atomic E-state index is 13.1. The molecule has 1 N–H and O–H groups in total. The lowest BCUT2D eigenvalue weighted by Crippen LogP contribution is -2.29. The number of carbonyl (C=O) groups excluding carboxylic acids is 2. The Morgan fingerprint density at radius 1 is 1.06 bits per heavy atom. The molecule has 166 valence electrons. The van der Waals surface area contributed by atoms with Crippen LogP contribution in [-0.4, -0.2) is 40.6 Å². The summed E-state index contributed by atoms with van der Waals surface area (Å²) >= 11 is 0. The molecule has 2 aromatic carbocycles. The van der Waals surface area contributed by atoms with Crippen molar-refractivity contribution >= 4 is 17.4 Å². The Hall–Kier alpha value is -4.33. The highest BCUT2D eigenvalue weighted by atomic mass is 16.7. The van der Waals surface area contributed by atoms with Crippen LogP contribution in [0, 0.1) is 0 Å². The van der Waals surface area contributed by atoms with E-state index in [2.05, 4.69) is 4.98 Å². The fourth-order valence-corrected chi connectivity index (χ4v) is 4.08. The van der Waals surface area contributed by atoms with Crippen LogP contribution in [0.5, 0.6) is 17.2 Å². The van der Waals surface area contributed by atoms with Gasteiger partial charge in [0, 0.05) is 24.5 Å². The summed E-state index contributed by atoms with van der Waals surface area (Å²) in [5.41, 5.74) is 1.87. The average Bonchev–Trinajstić information content (AvgIpc) is 3.42. The summed E-state index contributed by atoms with van der Waals surface area (Å²) in [6.45, 7) is 0.284. The van der Waals surface area contributed by atoms with Crippen molar-refractivity contribution in [3.63, 3.8) is 0 Å². The number of carbonyl (C=O) groups is 2. The lowest BCUT2D eigenvalue weighted by molar-refractivity contribution is -0.140. The molecule has 3 aromatic rings. The SMILES string of the molecule is COc1ccc(C2/C(=C(\O)c3ccncc3)C(=O)C(=O)N2Cc2ccc3c(c2)OCO3)cc1. The summed E-state index contributed by atoms with van der Waals surface area (Å²) in [5.74, 6) is 0.174. The minimum atomic E-state index is -0.783. The second-order valence-corrected chi connectivity index (χ2v) is 7.62. The fourth-order valence-electron chi connectivity index (χ4n) is 4.08. The van der Waals surface area contributed by atoms with E-state index in [4.69, 9.17) is 14.2 Å². The molecule has 8 nitrogen and oxygen atoms in total. The number of benzene rings is 2. The Morgan fingerprint density at radius 2 is 1.79 bits per heavy atom. The van der Waals surface area contributed by atoms with Gasteiger partial charge in [-0.25, -0.2) is 0 Å². The van der Waals surface area contributed by atoms with E-state index in [1.807, 2.05) is 6.07 Å². The van der Waals surface area contributed by atoms with Crippen molar-refractivity contribution in [3.8, 4) is 17.2 Å². The Kier molecular flexibility index (Phi) is 5.18. The Labute approximate surface area is 189 Å². The van der Waals surface area contributed by atoms with Gasteiger partial charge in [0.15, 0.2) is 11.5 Å². The zero-order valence-corrected chi connectivity index (χ0v) is 17.7. The van der Waals surface area contributed by atoms with Crippen molar-refractivity contribution < 1.29 is 28.9 Å². The smallest absolute Gasteiger partial charge is 0.295 e. The third-order valence-corrected chi connectivity index (χ3v) is 5.72. The molecule has 1 fully saturated rings. The lowest BCUT2D eigenvalue weighted by Gasteiger charge is -2.25. The van der Waals surface area contributed by atoms with Crippen LogP contribution in [-0.2, 0) is 16.1 Å². The van der Waals surface area contributed by atoms with Gasteiger partial charge in [0.05, 0.1) is 18.7 Å². The quantitative estimate of drug-likeness (QED) is 0.366. The molecule has 0 spiro atoms. The van der Waals surface area contributed by atoms with Crippen molar-refractivity contribution in [1.29, 1.82) is 0 Å². The van der Waals surface area contributed by atoms with Crippen molar-refractivity contribution in [3.05, 3.63) is 89.3 Å². The summed E-state index contributed by atoms with van der Waals surface area (Å²) in [4.78, 5) is 31.7. The number of hydrogen-bond donors (Lipinski definition) is 1. The van der Waals surface area contributed by atoms with Crippen molar-refractivity contribution in [1.82, 2.24) is 9.88 Å². The van der Waals surface area contributed by atoms with E-state index in [-0.39, 0.29) is 24.7 Å². The molecule has 1 atom stereocenters. The van der Waals surface area contributed by atoms with Gasteiger partial charge in [-0.2, -0.15) is 0 Å². The van der Waals surface area contributed by atoms with Crippen LogP contribution < -0.4 is 14.2 Å². The maximum absolute atomic E-state index is 13.1. The van der Waals surface area contributed by atoms with Crippen molar-refractivity contribution in [2.24, 2.45) is 0 Å². The second kappa shape index (κ2) is 8.31. The number of rotatable bonds is 5. The number of pyridine rings is 1. The van der Waals surface area contributed by atoms with Gasteiger partial charge >= 0.3 is 0 Å². The number of likely N-dealkylation sites (tertiary alicyclic amines) is 1. The standard InChI is InChI=1S/C25H20N2O6/c1-31-18-5-3-16(4-6-18)22-21(23(28)17-8-10-26-11-9-17)24(29)25(30)27(22)13-15-2-7-19-20(12-15)33-14-32-19/h2-12,22,28H,13-14H2,1H3/b23-21+. The number of hydrogen-bond acceptors (Lipinski definition) is 7. The number of ketones is 1. The van der Waals surface area contributed by atoms with E-state index in [1.165, 1.54) is 17.3 Å². The third-order valence-electron chi connectivity index (χ3n) is 5.72. The van der Waals surface area contributed by atoms with Crippen molar-refractivity contribution in [2.75, 3.05) is 13.9 Å². The summed E-state index contributed by atoms with van der Waals surface area (Å²) in [5, 5.41) is 11.0. The summed E-state index contributed by atoms with van der Waals surface area (Å²) in [6.07, 6.45) is 3.03. The molecule has 1 unspecified atom stereocenters.